The van der Waals surface area contributed by atoms with Gasteiger partial charge in [-0.1, -0.05) is 33.6 Å². The van der Waals surface area contributed by atoms with E-state index in [9.17, 15) is 4.79 Å². The van der Waals surface area contributed by atoms with Crippen molar-refractivity contribution in [3.05, 3.63) is 63.5 Å². The van der Waals surface area contributed by atoms with Gasteiger partial charge < -0.3 is 5.32 Å². The third-order valence-corrected chi connectivity index (χ3v) is 3.77. The predicted octanol–water partition coefficient (Wildman–Crippen LogP) is 4.31. The summed E-state index contributed by atoms with van der Waals surface area (Å²) < 4.78 is 2.60. The van der Waals surface area contributed by atoms with E-state index in [4.69, 9.17) is 11.6 Å². The van der Waals surface area contributed by atoms with Crippen molar-refractivity contribution in [2.45, 2.75) is 6.92 Å². The number of halogens is 2. The number of hydrogen-bond donors (Lipinski definition) is 1. The molecule has 6 heteroatoms. The molecule has 0 spiro atoms. The SMILES string of the molecule is Cc1nc2ccc(Cl)cn2c1C(=O)Nc1cccc(Br)c1. The van der Waals surface area contributed by atoms with Crippen LogP contribution in [0.1, 0.15) is 16.2 Å². The number of hydrogen-bond acceptors (Lipinski definition) is 2. The number of benzene rings is 1. The molecule has 3 rings (SSSR count). The molecule has 1 amide bonds. The minimum atomic E-state index is -0.222. The molecule has 0 fully saturated rings. The van der Waals surface area contributed by atoms with Gasteiger partial charge in [0.15, 0.2) is 0 Å². The zero-order chi connectivity index (χ0) is 15.0. The van der Waals surface area contributed by atoms with Gasteiger partial charge >= 0.3 is 0 Å². The van der Waals surface area contributed by atoms with Gasteiger partial charge in [-0.15, -0.1) is 0 Å². The monoisotopic (exact) mass is 363 g/mol. The van der Waals surface area contributed by atoms with Crippen molar-refractivity contribution < 1.29 is 4.79 Å². The molecule has 0 aliphatic carbocycles. The van der Waals surface area contributed by atoms with E-state index in [1.807, 2.05) is 24.3 Å². The number of anilines is 1. The molecule has 0 unspecified atom stereocenters. The highest BCUT2D eigenvalue weighted by Gasteiger charge is 2.17. The van der Waals surface area contributed by atoms with Gasteiger partial charge in [0.1, 0.15) is 11.3 Å². The highest BCUT2D eigenvalue weighted by atomic mass is 79.9. The number of carbonyl (C=O) groups is 1. The summed E-state index contributed by atoms with van der Waals surface area (Å²) in [5, 5.41) is 3.42. The van der Waals surface area contributed by atoms with Crippen LogP contribution < -0.4 is 5.32 Å². The van der Waals surface area contributed by atoms with Crippen LogP contribution in [0.25, 0.3) is 5.65 Å². The molecule has 1 N–H and O–H groups in total. The third-order valence-electron chi connectivity index (χ3n) is 3.05. The van der Waals surface area contributed by atoms with E-state index in [2.05, 4.69) is 26.2 Å². The molecule has 0 atom stereocenters. The van der Waals surface area contributed by atoms with Crippen molar-refractivity contribution in [3.63, 3.8) is 0 Å². The van der Waals surface area contributed by atoms with E-state index in [-0.39, 0.29) is 5.91 Å². The zero-order valence-corrected chi connectivity index (χ0v) is 13.4. The predicted molar refractivity (Wildman–Crippen MR) is 87.0 cm³/mol. The second-order valence-corrected chi connectivity index (χ2v) is 5.94. The van der Waals surface area contributed by atoms with Crippen molar-refractivity contribution >= 4 is 44.8 Å². The molecule has 0 radical (unpaired) electrons. The van der Waals surface area contributed by atoms with Crippen LogP contribution in [0.15, 0.2) is 47.1 Å². The number of imidazole rings is 1. The second kappa shape index (κ2) is 5.50. The lowest BCUT2D eigenvalue weighted by atomic mass is 10.3. The maximum atomic E-state index is 12.5. The normalized spacial score (nSPS) is 10.8. The molecule has 106 valence electrons. The van der Waals surface area contributed by atoms with Gasteiger partial charge in [-0.05, 0) is 37.3 Å². The number of nitrogens with one attached hydrogen (secondary N) is 1. The molecule has 3 aromatic rings. The van der Waals surface area contributed by atoms with Gasteiger partial charge in [0.25, 0.3) is 5.91 Å². The molecule has 0 saturated carbocycles. The number of rotatable bonds is 2. The van der Waals surface area contributed by atoms with Crippen LogP contribution >= 0.6 is 27.5 Å². The van der Waals surface area contributed by atoms with E-state index >= 15 is 0 Å². The minimum absolute atomic E-state index is 0.222. The molecular weight excluding hydrogens is 354 g/mol. The first-order chi connectivity index (χ1) is 10.0. The average Bonchev–Trinajstić information content (AvgIpc) is 2.74. The Morgan fingerprint density at radius 1 is 1.33 bits per heavy atom. The van der Waals surface area contributed by atoms with Crippen molar-refractivity contribution in [1.29, 1.82) is 0 Å². The fourth-order valence-electron chi connectivity index (χ4n) is 2.17. The van der Waals surface area contributed by atoms with Gasteiger partial charge in [0.05, 0.1) is 10.7 Å². The second-order valence-electron chi connectivity index (χ2n) is 4.59. The fraction of sp³-hybridized carbons (Fsp3) is 0.0667. The standard InChI is InChI=1S/C15H11BrClN3O/c1-9-14(20-8-11(17)5-6-13(20)18-9)15(21)19-12-4-2-3-10(16)7-12/h2-8H,1H3,(H,19,21). The molecule has 0 saturated heterocycles. The summed E-state index contributed by atoms with van der Waals surface area (Å²) in [5.74, 6) is -0.222. The van der Waals surface area contributed by atoms with Crippen molar-refractivity contribution in [1.82, 2.24) is 9.38 Å². The quantitative estimate of drug-likeness (QED) is 0.736. The third kappa shape index (κ3) is 2.80. The van der Waals surface area contributed by atoms with Gasteiger partial charge in [0.2, 0.25) is 0 Å². The molecule has 0 bridgehead atoms. The first-order valence-corrected chi connectivity index (χ1v) is 7.43. The Bertz CT molecular complexity index is 844. The zero-order valence-electron chi connectivity index (χ0n) is 11.1. The van der Waals surface area contributed by atoms with Crippen LogP contribution in [0.2, 0.25) is 5.02 Å². The van der Waals surface area contributed by atoms with Gasteiger partial charge in [-0.25, -0.2) is 4.98 Å². The van der Waals surface area contributed by atoms with Crippen molar-refractivity contribution in [3.8, 4) is 0 Å². The first-order valence-electron chi connectivity index (χ1n) is 6.26. The van der Waals surface area contributed by atoms with Crippen LogP contribution in [0.5, 0.6) is 0 Å². The summed E-state index contributed by atoms with van der Waals surface area (Å²) in [6.07, 6.45) is 1.69. The number of amides is 1. The number of aryl methyl sites for hydroxylation is 1. The van der Waals surface area contributed by atoms with Crippen LogP contribution in [-0.4, -0.2) is 15.3 Å². The Hall–Kier alpha value is -1.85. The summed E-state index contributed by atoms with van der Waals surface area (Å²) >= 11 is 9.38. The lowest BCUT2D eigenvalue weighted by molar-refractivity contribution is 0.102. The Labute approximate surface area is 134 Å². The van der Waals surface area contributed by atoms with Crippen LogP contribution in [0.4, 0.5) is 5.69 Å². The van der Waals surface area contributed by atoms with E-state index in [0.717, 1.165) is 4.47 Å². The van der Waals surface area contributed by atoms with Crippen LogP contribution in [0.3, 0.4) is 0 Å². The summed E-state index contributed by atoms with van der Waals surface area (Å²) in [7, 11) is 0. The highest BCUT2D eigenvalue weighted by Crippen LogP contribution is 2.19. The summed E-state index contributed by atoms with van der Waals surface area (Å²) in [4.78, 5) is 16.9. The summed E-state index contributed by atoms with van der Waals surface area (Å²) in [6.45, 7) is 1.80. The van der Waals surface area contributed by atoms with Gasteiger partial charge in [-0.2, -0.15) is 0 Å². The Kier molecular flexibility index (Phi) is 3.69. The average molecular weight is 365 g/mol. The molecule has 2 aromatic heterocycles. The molecule has 4 nitrogen and oxygen atoms in total. The number of nitrogens with zero attached hydrogens (tertiary/aromatic N) is 2. The molecular formula is C15H11BrClN3O. The largest absolute Gasteiger partial charge is 0.321 e. The number of aromatic nitrogens is 2. The molecule has 0 aliphatic rings. The minimum Gasteiger partial charge on any atom is -0.321 e. The van der Waals surface area contributed by atoms with Crippen LogP contribution in [-0.2, 0) is 0 Å². The molecule has 21 heavy (non-hydrogen) atoms. The van der Waals surface area contributed by atoms with Crippen molar-refractivity contribution in [2.75, 3.05) is 5.32 Å². The molecule has 1 aromatic carbocycles. The molecule has 0 aliphatic heterocycles. The lowest BCUT2D eigenvalue weighted by Gasteiger charge is -2.06. The molecule has 2 heterocycles. The van der Waals surface area contributed by atoms with Gasteiger partial charge in [-0.3, -0.25) is 9.20 Å². The maximum Gasteiger partial charge on any atom is 0.274 e. The fourth-order valence-corrected chi connectivity index (χ4v) is 2.73. The van der Waals surface area contributed by atoms with E-state index in [0.29, 0.717) is 27.7 Å². The first kappa shape index (κ1) is 14.1. The van der Waals surface area contributed by atoms with Crippen molar-refractivity contribution in [2.24, 2.45) is 0 Å². The smallest absolute Gasteiger partial charge is 0.274 e. The summed E-state index contributed by atoms with van der Waals surface area (Å²) in [5.41, 5.74) is 2.54. The number of carbonyl (C=O) groups excluding carboxylic acids is 1. The highest BCUT2D eigenvalue weighted by molar-refractivity contribution is 9.10. The topological polar surface area (TPSA) is 46.4 Å². The van der Waals surface area contributed by atoms with Gasteiger partial charge in [0, 0.05) is 16.4 Å². The number of fused-ring (bicyclic) bond motifs is 1. The van der Waals surface area contributed by atoms with E-state index in [1.165, 1.54) is 0 Å². The lowest BCUT2D eigenvalue weighted by Crippen LogP contribution is -2.15. The van der Waals surface area contributed by atoms with E-state index in [1.54, 1.807) is 29.7 Å². The number of pyridine rings is 1. The maximum absolute atomic E-state index is 12.5. The van der Waals surface area contributed by atoms with E-state index < -0.39 is 0 Å². The summed E-state index contributed by atoms with van der Waals surface area (Å²) in [6, 6.07) is 11.0. The Morgan fingerprint density at radius 2 is 2.14 bits per heavy atom. The van der Waals surface area contributed by atoms with Crippen LogP contribution in [0, 0.1) is 6.92 Å². The Balaban J connectivity index is 2.01. The Morgan fingerprint density at radius 3 is 2.90 bits per heavy atom.